The van der Waals surface area contributed by atoms with Gasteiger partial charge < -0.3 is 0 Å². The number of aryl methyl sites for hydroxylation is 2. The maximum atomic E-state index is 4.12. The van der Waals surface area contributed by atoms with Crippen LogP contribution in [0, 0.1) is 13.8 Å². The second-order valence-corrected chi connectivity index (χ2v) is 4.30. The van der Waals surface area contributed by atoms with E-state index in [0.717, 1.165) is 10.2 Å². The third-order valence-corrected chi connectivity index (χ3v) is 2.97. The van der Waals surface area contributed by atoms with E-state index in [9.17, 15) is 0 Å². The number of hydrogen-bond acceptors (Lipinski definition) is 2. The number of nitrogens with zero attached hydrogens (tertiary/aromatic N) is 2. The largest absolute Gasteiger partial charge is 0.244 e. The Morgan fingerprint density at radius 1 is 1.13 bits per heavy atom. The van der Waals surface area contributed by atoms with E-state index in [-0.39, 0.29) is 0 Å². The van der Waals surface area contributed by atoms with E-state index in [0.29, 0.717) is 0 Å². The van der Waals surface area contributed by atoms with Gasteiger partial charge in [0.1, 0.15) is 10.9 Å². The Morgan fingerprint density at radius 3 is 2.60 bits per heavy atom. The lowest BCUT2D eigenvalue weighted by atomic mass is 10.0. The first-order valence-corrected chi connectivity index (χ1v) is 5.51. The highest BCUT2D eigenvalue weighted by molar-refractivity contribution is 9.10. The molecule has 3 heteroatoms. The lowest BCUT2D eigenvalue weighted by molar-refractivity contribution is 1.14. The Bertz CT molecular complexity index is 495. The first-order valence-electron chi connectivity index (χ1n) is 4.71. The summed E-state index contributed by atoms with van der Waals surface area (Å²) in [4.78, 5) is 8.17. The standard InChI is InChI=1S/C12H11BrN2/c1-8-3-4-10(9(2)5-8)11-6-14-7-15-12(11)13/h3-7H,1-2H3. The molecule has 0 saturated heterocycles. The summed E-state index contributed by atoms with van der Waals surface area (Å²) < 4.78 is 0.837. The summed E-state index contributed by atoms with van der Waals surface area (Å²) in [6.07, 6.45) is 3.37. The van der Waals surface area contributed by atoms with E-state index < -0.39 is 0 Å². The second kappa shape index (κ2) is 4.11. The van der Waals surface area contributed by atoms with Crippen molar-refractivity contribution >= 4 is 15.9 Å². The predicted molar refractivity (Wildman–Crippen MR) is 64.6 cm³/mol. The Hall–Kier alpha value is -1.22. The monoisotopic (exact) mass is 262 g/mol. The number of hydrogen-bond donors (Lipinski definition) is 0. The molecular weight excluding hydrogens is 252 g/mol. The lowest BCUT2D eigenvalue weighted by Crippen LogP contribution is -1.89. The van der Waals surface area contributed by atoms with Gasteiger partial charge in [-0.3, -0.25) is 0 Å². The molecule has 0 amide bonds. The van der Waals surface area contributed by atoms with Crippen LogP contribution >= 0.6 is 15.9 Å². The molecular formula is C12H11BrN2. The molecule has 0 aliphatic rings. The summed E-state index contributed by atoms with van der Waals surface area (Å²) in [5, 5.41) is 0. The highest BCUT2D eigenvalue weighted by atomic mass is 79.9. The van der Waals surface area contributed by atoms with Crippen molar-refractivity contribution in [3.05, 3.63) is 46.5 Å². The van der Waals surface area contributed by atoms with Gasteiger partial charge in [-0.1, -0.05) is 23.8 Å². The molecule has 1 aromatic carbocycles. The normalized spacial score (nSPS) is 10.3. The summed E-state index contributed by atoms with van der Waals surface area (Å²) in [5.41, 5.74) is 4.72. The van der Waals surface area contributed by atoms with Crippen molar-refractivity contribution in [1.82, 2.24) is 9.97 Å². The second-order valence-electron chi connectivity index (χ2n) is 3.55. The van der Waals surface area contributed by atoms with Crippen molar-refractivity contribution in [2.24, 2.45) is 0 Å². The molecule has 0 spiro atoms. The average Bonchev–Trinajstić information content (AvgIpc) is 2.20. The van der Waals surface area contributed by atoms with Crippen LogP contribution in [-0.4, -0.2) is 9.97 Å². The zero-order valence-electron chi connectivity index (χ0n) is 8.66. The predicted octanol–water partition coefficient (Wildman–Crippen LogP) is 3.52. The molecule has 2 rings (SSSR count). The molecule has 0 aliphatic heterocycles. The van der Waals surface area contributed by atoms with E-state index in [4.69, 9.17) is 0 Å². The van der Waals surface area contributed by atoms with Gasteiger partial charge >= 0.3 is 0 Å². The molecule has 1 aromatic heterocycles. The van der Waals surface area contributed by atoms with Gasteiger partial charge in [-0.15, -0.1) is 0 Å². The first kappa shape index (κ1) is 10.3. The van der Waals surface area contributed by atoms with Crippen molar-refractivity contribution < 1.29 is 0 Å². The van der Waals surface area contributed by atoms with Gasteiger partial charge in [-0.25, -0.2) is 9.97 Å². The zero-order chi connectivity index (χ0) is 10.8. The van der Waals surface area contributed by atoms with Gasteiger partial charge in [-0.05, 0) is 40.9 Å². The van der Waals surface area contributed by atoms with Gasteiger partial charge in [0.25, 0.3) is 0 Å². The van der Waals surface area contributed by atoms with E-state index in [1.54, 1.807) is 0 Å². The zero-order valence-corrected chi connectivity index (χ0v) is 10.2. The van der Waals surface area contributed by atoms with Crippen molar-refractivity contribution in [2.45, 2.75) is 13.8 Å². The molecule has 0 N–H and O–H groups in total. The van der Waals surface area contributed by atoms with Gasteiger partial charge in [-0.2, -0.15) is 0 Å². The van der Waals surface area contributed by atoms with Crippen molar-refractivity contribution in [1.29, 1.82) is 0 Å². The minimum atomic E-state index is 0.837. The van der Waals surface area contributed by atoms with Crippen LogP contribution in [0.3, 0.4) is 0 Å². The molecule has 1 heterocycles. The van der Waals surface area contributed by atoms with Gasteiger partial charge in [0.2, 0.25) is 0 Å². The molecule has 0 atom stereocenters. The molecule has 15 heavy (non-hydrogen) atoms. The van der Waals surface area contributed by atoms with Crippen LogP contribution < -0.4 is 0 Å². The highest BCUT2D eigenvalue weighted by Gasteiger charge is 2.06. The summed E-state index contributed by atoms with van der Waals surface area (Å²) in [7, 11) is 0. The van der Waals surface area contributed by atoms with Crippen LogP contribution in [0.2, 0.25) is 0 Å². The van der Waals surface area contributed by atoms with E-state index in [2.05, 4.69) is 57.9 Å². The molecule has 0 saturated carbocycles. The Kier molecular flexibility index (Phi) is 2.82. The van der Waals surface area contributed by atoms with Crippen molar-refractivity contribution in [2.75, 3.05) is 0 Å². The third-order valence-electron chi connectivity index (χ3n) is 2.34. The van der Waals surface area contributed by atoms with Crippen LogP contribution in [0.4, 0.5) is 0 Å². The summed E-state index contributed by atoms with van der Waals surface area (Å²) in [6, 6.07) is 6.37. The molecule has 0 bridgehead atoms. The molecule has 0 unspecified atom stereocenters. The first-order chi connectivity index (χ1) is 7.18. The lowest BCUT2D eigenvalue weighted by Gasteiger charge is -2.07. The molecule has 0 aliphatic carbocycles. The number of aromatic nitrogens is 2. The van der Waals surface area contributed by atoms with Gasteiger partial charge in [0, 0.05) is 11.8 Å². The Labute approximate surface area is 97.5 Å². The maximum Gasteiger partial charge on any atom is 0.117 e. The van der Waals surface area contributed by atoms with Crippen LogP contribution in [0.5, 0.6) is 0 Å². The number of rotatable bonds is 1. The molecule has 76 valence electrons. The maximum absolute atomic E-state index is 4.12. The Balaban J connectivity index is 2.60. The fraction of sp³-hybridized carbons (Fsp3) is 0.167. The average molecular weight is 263 g/mol. The summed E-state index contributed by atoms with van der Waals surface area (Å²) in [6.45, 7) is 4.19. The van der Waals surface area contributed by atoms with Crippen molar-refractivity contribution in [3.8, 4) is 11.1 Å². The molecule has 0 radical (unpaired) electrons. The van der Waals surface area contributed by atoms with Crippen LogP contribution in [0.25, 0.3) is 11.1 Å². The summed E-state index contributed by atoms with van der Waals surface area (Å²) in [5.74, 6) is 0. The molecule has 0 fully saturated rings. The molecule has 2 aromatic rings. The van der Waals surface area contributed by atoms with E-state index in [1.807, 2.05) is 6.20 Å². The molecule has 2 nitrogen and oxygen atoms in total. The van der Waals surface area contributed by atoms with Crippen LogP contribution in [0.15, 0.2) is 35.3 Å². The van der Waals surface area contributed by atoms with Crippen LogP contribution in [0.1, 0.15) is 11.1 Å². The fourth-order valence-electron chi connectivity index (χ4n) is 1.61. The minimum absolute atomic E-state index is 0.837. The minimum Gasteiger partial charge on any atom is -0.244 e. The van der Waals surface area contributed by atoms with Gasteiger partial charge in [0.15, 0.2) is 0 Å². The SMILES string of the molecule is Cc1ccc(-c2cncnc2Br)c(C)c1. The fourth-order valence-corrected chi connectivity index (χ4v) is 2.02. The number of halogens is 1. The Morgan fingerprint density at radius 2 is 1.93 bits per heavy atom. The summed E-state index contributed by atoms with van der Waals surface area (Å²) >= 11 is 3.43. The third kappa shape index (κ3) is 2.07. The van der Waals surface area contributed by atoms with E-state index in [1.165, 1.54) is 23.0 Å². The quantitative estimate of drug-likeness (QED) is 0.735. The topological polar surface area (TPSA) is 25.8 Å². The van der Waals surface area contributed by atoms with E-state index >= 15 is 0 Å². The number of benzene rings is 1. The smallest absolute Gasteiger partial charge is 0.117 e. The van der Waals surface area contributed by atoms with Gasteiger partial charge in [0.05, 0.1) is 0 Å². The van der Waals surface area contributed by atoms with Crippen molar-refractivity contribution in [3.63, 3.8) is 0 Å². The van der Waals surface area contributed by atoms with Crippen LogP contribution in [-0.2, 0) is 0 Å². The highest BCUT2D eigenvalue weighted by Crippen LogP contribution is 2.28.